The van der Waals surface area contributed by atoms with E-state index in [-0.39, 0.29) is 23.9 Å². The van der Waals surface area contributed by atoms with E-state index in [2.05, 4.69) is 10.1 Å². The zero-order chi connectivity index (χ0) is 18.2. The Hall–Kier alpha value is -2.57. The maximum absolute atomic E-state index is 11.6. The van der Waals surface area contributed by atoms with Gasteiger partial charge in [0.1, 0.15) is 23.7 Å². The highest BCUT2D eigenvalue weighted by Crippen LogP contribution is 2.23. The number of carbonyl (C=O) groups excluding carboxylic acids is 1. The summed E-state index contributed by atoms with van der Waals surface area (Å²) >= 11 is 0. The van der Waals surface area contributed by atoms with E-state index in [1.165, 1.54) is 19.2 Å². The molecule has 0 amide bonds. The second-order valence-corrected chi connectivity index (χ2v) is 5.72. The fourth-order valence-corrected chi connectivity index (χ4v) is 2.26. The Balaban J connectivity index is 1.87. The Bertz CT molecular complexity index is 689. The largest absolute Gasteiger partial charge is 0.507 e. The number of rotatable bonds is 8. The summed E-state index contributed by atoms with van der Waals surface area (Å²) in [4.78, 5) is 11.6. The van der Waals surface area contributed by atoms with Crippen molar-refractivity contribution in [2.45, 2.75) is 19.1 Å². The highest BCUT2D eigenvalue weighted by Gasteiger charge is 2.16. The quantitative estimate of drug-likeness (QED) is 0.636. The number of hydrogen-bond donors (Lipinski definition) is 3. The van der Waals surface area contributed by atoms with Crippen LogP contribution in [0, 0.1) is 0 Å². The Kier molecular flexibility index (Phi) is 6.80. The number of aromatic hydroxyl groups is 1. The van der Waals surface area contributed by atoms with E-state index in [4.69, 9.17) is 4.74 Å². The van der Waals surface area contributed by atoms with E-state index in [1.807, 2.05) is 37.3 Å². The summed E-state index contributed by atoms with van der Waals surface area (Å²) in [5.74, 6) is -0.0394. The third kappa shape index (κ3) is 5.48. The van der Waals surface area contributed by atoms with Crippen molar-refractivity contribution in [1.82, 2.24) is 5.32 Å². The van der Waals surface area contributed by atoms with Gasteiger partial charge in [0.25, 0.3) is 0 Å². The lowest BCUT2D eigenvalue weighted by Gasteiger charge is -2.18. The van der Waals surface area contributed by atoms with E-state index in [9.17, 15) is 15.0 Å². The Morgan fingerprint density at radius 1 is 1.20 bits per heavy atom. The number of aliphatic hydroxyl groups excluding tert-OH is 1. The number of para-hydroxylation sites is 1. The molecule has 0 bridgehead atoms. The Morgan fingerprint density at radius 2 is 1.92 bits per heavy atom. The number of carbonyl (C=O) groups is 1. The first kappa shape index (κ1) is 18.8. The molecular formula is C19H23NO5. The fourth-order valence-electron chi connectivity index (χ4n) is 2.26. The van der Waals surface area contributed by atoms with E-state index in [1.54, 1.807) is 6.07 Å². The molecule has 0 aliphatic rings. The van der Waals surface area contributed by atoms with Crippen LogP contribution in [0.1, 0.15) is 28.9 Å². The molecule has 0 fully saturated rings. The summed E-state index contributed by atoms with van der Waals surface area (Å²) in [5, 5.41) is 23.2. The van der Waals surface area contributed by atoms with E-state index in [0.29, 0.717) is 12.2 Å². The number of esters is 1. The number of phenols is 1. The summed E-state index contributed by atoms with van der Waals surface area (Å²) < 4.78 is 10.3. The molecule has 2 unspecified atom stereocenters. The molecule has 2 aromatic carbocycles. The molecule has 0 saturated heterocycles. The first-order chi connectivity index (χ1) is 12.0. The molecule has 3 N–H and O–H groups in total. The zero-order valence-electron chi connectivity index (χ0n) is 14.3. The SMILES string of the molecule is COC(=O)c1cc(C(O)CNC(C)COc2ccccc2)ccc1O. The van der Waals surface area contributed by atoms with Gasteiger partial charge in [-0.05, 0) is 36.8 Å². The monoisotopic (exact) mass is 345 g/mol. The number of aliphatic hydroxyl groups is 1. The second kappa shape index (κ2) is 9.05. The standard InChI is InChI=1S/C19H23NO5/c1-13(12-25-15-6-4-3-5-7-15)20-11-18(22)14-8-9-17(21)16(10-14)19(23)24-2/h3-10,13,18,20-22H,11-12H2,1-2H3. The van der Waals surface area contributed by atoms with Gasteiger partial charge in [-0.2, -0.15) is 0 Å². The number of phenolic OH excluding ortho intramolecular Hbond substituents is 1. The number of methoxy groups -OCH3 is 1. The van der Waals surface area contributed by atoms with Gasteiger partial charge in [-0.3, -0.25) is 0 Å². The molecule has 0 aliphatic carbocycles. The minimum Gasteiger partial charge on any atom is -0.507 e. The first-order valence-corrected chi connectivity index (χ1v) is 8.01. The van der Waals surface area contributed by atoms with Crippen LogP contribution in [0.3, 0.4) is 0 Å². The molecule has 2 rings (SSSR count). The van der Waals surface area contributed by atoms with Crippen molar-refractivity contribution >= 4 is 5.97 Å². The van der Waals surface area contributed by atoms with Crippen LogP contribution in [0.2, 0.25) is 0 Å². The van der Waals surface area contributed by atoms with Crippen LogP contribution in [-0.4, -0.2) is 42.5 Å². The second-order valence-electron chi connectivity index (χ2n) is 5.72. The van der Waals surface area contributed by atoms with Crippen molar-refractivity contribution in [3.8, 4) is 11.5 Å². The zero-order valence-corrected chi connectivity index (χ0v) is 14.3. The summed E-state index contributed by atoms with van der Waals surface area (Å²) in [5.41, 5.74) is 0.543. The maximum atomic E-state index is 11.6. The van der Waals surface area contributed by atoms with Crippen LogP contribution in [0.4, 0.5) is 0 Å². The number of benzene rings is 2. The van der Waals surface area contributed by atoms with Crippen molar-refractivity contribution < 1.29 is 24.5 Å². The maximum Gasteiger partial charge on any atom is 0.341 e. The predicted octanol–water partition coefficient (Wildman–Crippen LogP) is 2.27. The van der Waals surface area contributed by atoms with Gasteiger partial charge in [0.05, 0.1) is 13.2 Å². The molecule has 2 atom stereocenters. The summed E-state index contributed by atoms with van der Waals surface area (Å²) in [6, 6.07) is 13.9. The number of ether oxygens (including phenoxy) is 2. The van der Waals surface area contributed by atoms with Crippen molar-refractivity contribution in [3.63, 3.8) is 0 Å². The van der Waals surface area contributed by atoms with Gasteiger partial charge in [-0.15, -0.1) is 0 Å². The molecule has 0 spiro atoms. The van der Waals surface area contributed by atoms with Gasteiger partial charge >= 0.3 is 5.97 Å². The normalized spacial score (nSPS) is 13.1. The first-order valence-electron chi connectivity index (χ1n) is 8.01. The summed E-state index contributed by atoms with van der Waals surface area (Å²) in [7, 11) is 1.24. The van der Waals surface area contributed by atoms with Crippen molar-refractivity contribution in [3.05, 3.63) is 59.7 Å². The topological polar surface area (TPSA) is 88.0 Å². The molecular weight excluding hydrogens is 322 g/mol. The molecule has 2 aromatic rings. The van der Waals surface area contributed by atoms with Gasteiger partial charge in [-0.1, -0.05) is 24.3 Å². The third-order valence-corrected chi connectivity index (χ3v) is 3.71. The van der Waals surface area contributed by atoms with Gasteiger partial charge < -0.3 is 25.0 Å². The molecule has 0 saturated carbocycles. The van der Waals surface area contributed by atoms with Gasteiger partial charge in [0.15, 0.2) is 0 Å². The lowest BCUT2D eigenvalue weighted by molar-refractivity contribution is 0.0597. The van der Waals surface area contributed by atoms with Crippen LogP contribution in [0.15, 0.2) is 48.5 Å². The third-order valence-electron chi connectivity index (χ3n) is 3.71. The Morgan fingerprint density at radius 3 is 2.60 bits per heavy atom. The van der Waals surface area contributed by atoms with Crippen LogP contribution in [0.5, 0.6) is 11.5 Å². The van der Waals surface area contributed by atoms with E-state index < -0.39 is 12.1 Å². The predicted molar refractivity (Wildman–Crippen MR) is 93.8 cm³/mol. The molecule has 134 valence electrons. The van der Waals surface area contributed by atoms with Gasteiger partial charge in [-0.25, -0.2) is 4.79 Å². The van der Waals surface area contributed by atoms with Gasteiger partial charge in [0, 0.05) is 12.6 Å². The summed E-state index contributed by atoms with van der Waals surface area (Å²) in [6.07, 6.45) is -0.830. The van der Waals surface area contributed by atoms with Crippen molar-refractivity contribution in [2.24, 2.45) is 0 Å². The molecule has 25 heavy (non-hydrogen) atoms. The smallest absolute Gasteiger partial charge is 0.341 e. The van der Waals surface area contributed by atoms with Crippen LogP contribution < -0.4 is 10.1 Å². The number of hydrogen-bond acceptors (Lipinski definition) is 6. The minimum absolute atomic E-state index is 0.0204. The van der Waals surface area contributed by atoms with Crippen LogP contribution in [-0.2, 0) is 4.74 Å². The minimum atomic E-state index is -0.830. The molecule has 0 radical (unpaired) electrons. The Labute approximate surface area is 147 Å². The van der Waals surface area contributed by atoms with Crippen molar-refractivity contribution in [2.75, 3.05) is 20.3 Å². The molecule has 0 heterocycles. The van der Waals surface area contributed by atoms with Gasteiger partial charge in [0.2, 0.25) is 0 Å². The average Bonchev–Trinajstić information content (AvgIpc) is 2.65. The highest BCUT2D eigenvalue weighted by atomic mass is 16.5. The van der Waals surface area contributed by atoms with Crippen LogP contribution in [0.25, 0.3) is 0 Å². The molecule has 0 aromatic heterocycles. The fraction of sp³-hybridized carbons (Fsp3) is 0.316. The number of nitrogens with one attached hydrogen (secondary N) is 1. The van der Waals surface area contributed by atoms with E-state index in [0.717, 1.165) is 5.75 Å². The lowest BCUT2D eigenvalue weighted by atomic mass is 10.0. The van der Waals surface area contributed by atoms with Crippen molar-refractivity contribution in [1.29, 1.82) is 0 Å². The highest BCUT2D eigenvalue weighted by molar-refractivity contribution is 5.92. The molecule has 0 aliphatic heterocycles. The summed E-state index contributed by atoms with van der Waals surface area (Å²) in [6.45, 7) is 2.69. The van der Waals surface area contributed by atoms with E-state index >= 15 is 0 Å². The van der Waals surface area contributed by atoms with Crippen LogP contribution >= 0.6 is 0 Å². The molecule has 6 heteroatoms. The lowest BCUT2D eigenvalue weighted by Crippen LogP contribution is -2.34. The average molecular weight is 345 g/mol. The molecule has 6 nitrogen and oxygen atoms in total.